The van der Waals surface area contributed by atoms with Crippen molar-refractivity contribution in [1.29, 1.82) is 0 Å². The fourth-order valence-electron chi connectivity index (χ4n) is 5.24. The Kier molecular flexibility index (Phi) is 14.9. The third-order valence-electron chi connectivity index (χ3n) is 9.62. The number of amides is 3. The molecule has 2 aromatic rings. The number of nitrogens with one attached hydrogen (secondary N) is 3. The van der Waals surface area contributed by atoms with Gasteiger partial charge < -0.3 is 19.8 Å². The van der Waals surface area contributed by atoms with Crippen molar-refractivity contribution in [2.75, 3.05) is 13.2 Å². The maximum absolute atomic E-state index is 13.6. The van der Waals surface area contributed by atoms with E-state index in [9.17, 15) is 19.2 Å². The Hall–Kier alpha value is -2.81. The minimum Gasteiger partial charge on any atom is -0.460 e. The number of halogens is 3. The Morgan fingerprint density at radius 2 is 1.72 bits per heavy atom. The van der Waals surface area contributed by atoms with Gasteiger partial charge in [-0.25, -0.2) is 15.4 Å². The van der Waals surface area contributed by atoms with Crippen molar-refractivity contribution in [3.05, 3.63) is 41.9 Å². The second-order valence-corrected chi connectivity index (χ2v) is 23.4. The van der Waals surface area contributed by atoms with E-state index in [1.807, 2.05) is 45.0 Å². The first-order valence-corrected chi connectivity index (χ1v) is 21.9. The Morgan fingerprint density at radius 1 is 1.06 bits per heavy atom. The fourth-order valence-corrected chi connectivity index (χ4v) is 6.74. The third-order valence-corrected chi connectivity index (χ3v) is 14.5. The summed E-state index contributed by atoms with van der Waals surface area (Å²) < 4.78 is 9.82. The molecule has 3 rings (SSSR count). The molecule has 1 aliphatic rings. The van der Waals surface area contributed by atoms with Gasteiger partial charge in [-0.3, -0.25) is 24.2 Å². The number of fused-ring (bicyclic) bond motifs is 1. The van der Waals surface area contributed by atoms with Gasteiger partial charge in [0.05, 0.1) is 10.9 Å². The number of esters is 1. The van der Waals surface area contributed by atoms with Gasteiger partial charge in [0.15, 0.2) is 14.1 Å². The number of aromatic nitrogens is 2. The predicted molar refractivity (Wildman–Crippen MR) is 213 cm³/mol. The van der Waals surface area contributed by atoms with Crippen LogP contribution in [0, 0.1) is 11.3 Å². The summed E-state index contributed by atoms with van der Waals surface area (Å²) in [7, 11) is -2.03. The molecular formula is C37H55Cl3N6O6Si. The zero-order chi connectivity index (χ0) is 40.1. The van der Waals surface area contributed by atoms with Crippen molar-refractivity contribution in [2.24, 2.45) is 11.3 Å². The molecule has 53 heavy (non-hydrogen) atoms. The normalized spacial score (nSPS) is 17.8. The Morgan fingerprint density at radius 3 is 2.32 bits per heavy atom. The quantitative estimate of drug-likeness (QED) is 0.113. The standard InChI is InChI=1S/C37H55Cl3N6O6Si/c1-22(2)29(31(47)42-23(3)32(48)46-18-12-13-27(45-46)33(49)51-21-37(38,39)40)44-34(50)36(8,9)17-16-25-14-15-26-20-41-30(43-28(26)19-25)24(4)52-53(10,11)35(5,6)7/h14-17,19-20,22-24,27,29,45H,12-13,18,21H2,1-11H3,(H,42,47)(H,44,50). The summed E-state index contributed by atoms with van der Waals surface area (Å²) in [5.41, 5.74) is 3.46. The number of hydrogen-bond acceptors (Lipinski definition) is 9. The average molecular weight is 814 g/mol. The molecule has 4 unspecified atom stereocenters. The van der Waals surface area contributed by atoms with Gasteiger partial charge >= 0.3 is 5.97 Å². The summed E-state index contributed by atoms with van der Waals surface area (Å²) >= 11 is 17.0. The van der Waals surface area contributed by atoms with Gasteiger partial charge in [0.25, 0.3) is 5.91 Å². The molecular weight excluding hydrogens is 759 g/mol. The summed E-state index contributed by atoms with van der Waals surface area (Å²) in [6, 6.07) is 3.10. The molecule has 12 nitrogen and oxygen atoms in total. The van der Waals surface area contributed by atoms with E-state index < -0.39 is 60.0 Å². The molecule has 3 N–H and O–H groups in total. The first-order chi connectivity index (χ1) is 24.3. The van der Waals surface area contributed by atoms with Gasteiger partial charge in [0.1, 0.15) is 30.8 Å². The number of carbonyl (C=O) groups excluding carboxylic acids is 4. The maximum atomic E-state index is 13.6. The van der Waals surface area contributed by atoms with Crippen LogP contribution >= 0.6 is 34.8 Å². The van der Waals surface area contributed by atoms with Crippen molar-refractivity contribution >= 4 is 83.8 Å². The number of hydrogen-bond donors (Lipinski definition) is 3. The number of nitrogens with zero attached hydrogens (tertiary/aromatic N) is 3. The molecule has 1 aromatic carbocycles. The number of ether oxygens (including phenoxy) is 1. The molecule has 0 bridgehead atoms. The molecule has 294 valence electrons. The van der Waals surface area contributed by atoms with Gasteiger partial charge in [-0.15, -0.1) is 0 Å². The molecule has 16 heteroatoms. The molecule has 0 saturated carbocycles. The van der Waals surface area contributed by atoms with E-state index in [0.717, 1.165) is 16.5 Å². The molecule has 1 saturated heterocycles. The van der Waals surface area contributed by atoms with Gasteiger partial charge in [-0.1, -0.05) is 93.7 Å². The molecule has 1 aromatic heterocycles. The van der Waals surface area contributed by atoms with Crippen LogP contribution in [-0.4, -0.2) is 82.1 Å². The topological polar surface area (TPSA) is 152 Å². The van der Waals surface area contributed by atoms with Gasteiger partial charge in [0, 0.05) is 18.1 Å². The van der Waals surface area contributed by atoms with Crippen LogP contribution in [0.4, 0.5) is 0 Å². The van der Waals surface area contributed by atoms with Crippen LogP contribution in [0.2, 0.25) is 18.1 Å². The number of benzene rings is 1. The number of rotatable bonds is 13. The summed E-state index contributed by atoms with van der Waals surface area (Å²) in [6.45, 7) is 21.5. The number of alkyl halides is 3. The van der Waals surface area contributed by atoms with Crippen LogP contribution in [0.25, 0.3) is 17.0 Å². The van der Waals surface area contributed by atoms with Gasteiger partial charge in [-0.2, -0.15) is 0 Å². The van der Waals surface area contributed by atoms with E-state index in [4.69, 9.17) is 48.9 Å². The van der Waals surface area contributed by atoms with Crippen LogP contribution < -0.4 is 16.1 Å². The van der Waals surface area contributed by atoms with E-state index >= 15 is 0 Å². The molecule has 1 aliphatic heterocycles. The first-order valence-electron chi connectivity index (χ1n) is 17.9. The van der Waals surface area contributed by atoms with E-state index in [0.29, 0.717) is 25.2 Å². The minimum atomic E-state index is -2.03. The van der Waals surface area contributed by atoms with E-state index in [1.165, 1.54) is 11.9 Å². The average Bonchev–Trinajstić information content (AvgIpc) is 3.06. The zero-order valence-electron chi connectivity index (χ0n) is 32.6. The SMILES string of the molecule is CC(NC(=O)C(NC(=O)C(C)(C)C=Cc1ccc2cnc(C(C)O[Si](C)(C)C(C)(C)C)nc2c1)C(C)C)C(=O)N1CCCC(C(=O)OCC(Cl)(Cl)Cl)N1. The molecule has 0 radical (unpaired) electrons. The summed E-state index contributed by atoms with van der Waals surface area (Å²) in [5.74, 6) is -1.67. The van der Waals surface area contributed by atoms with Crippen LogP contribution in [0.15, 0.2) is 30.5 Å². The number of hydrazine groups is 1. The van der Waals surface area contributed by atoms with E-state index in [-0.39, 0.29) is 23.0 Å². The van der Waals surface area contributed by atoms with Crippen LogP contribution in [0.1, 0.15) is 92.6 Å². The van der Waals surface area contributed by atoms with Gasteiger partial charge in [-0.05, 0) is 76.2 Å². The fraction of sp³-hybridized carbons (Fsp3) is 0.622. The highest BCUT2D eigenvalue weighted by Crippen LogP contribution is 2.39. The van der Waals surface area contributed by atoms with Crippen molar-refractivity contribution in [2.45, 2.75) is 121 Å². The van der Waals surface area contributed by atoms with Crippen molar-refractivity contribution in [3.8, 4) is 0 Å². The summed E-state index contributed by atoms with van der Waals surface area (Å²) in [6.07, 6.45) is 6.10. The highest BCUT2D eigenvalue weighted by atomic mass is 35.6. The lowest BCUT2D eigenvalue weighted by molar-refractivity contribution is -0.152. The smallest absolute Gasteiger partial charge is 0.325 e. The van der Waals surface area contributed by atoms with E-state index in [1.54, 1.807) is 26.1 Å². The Bertz CT molecular complexity index is 1680. The Balaban J connectivity index is 1.65. The molecule has 1 fully saturated rings. The third kappa shape index (κ3) is 12.6. The number of carbonyl (C=O) groups is 4. The second-order valence-electron chi connectivity index (χ2n) is 16.1. The summed E-state index contributed by atoms with van der Waals surface area (Å²) in [4.78, 5) is 62.1. The summed E-state index contributed by atoms with van der Waals surface area (Å²) in [5, 5.41) is 7.81. The highest BCUT2D eigenvalue weighted by Gasteiger charge is 2.39. The van der Waals surface area contributed by atoms with Gasteiger partial charge in [0.2, 0.25) is 15.6 Å². The van der Waals surface area contributed by atoms with E-state index in [2.05, 4.69) is 54.9 Å². The minimum absolute atomic E-state index is 0.0530. The van der Waals surface area contributed by atoms with Crippen molar-refractivity contribution in [1.82, 2.24) is 31.0 Å². The lowest BCUT2D eigenvalue weighted by atomic mass is 9.89. The lowest BCUT2D eigenvalue weighted by Crippen LogP contribution is -2.61. The largest absolute Gasteiger partial charge is 0.460 e. The molecule has 3 amide bonds. The molecule has 0 spiro atoms. The molecule has 0 aliphatic carbocycles. The van der Waals surface area contributed by atoms with Crippen LogP contribution in [-0.2, 0) is 28.3 Å². The molecule has 4 atom stereocenters. The first kappa shape index (κ1) is 44.6. The van der Waals surface area contributed by atoms with Crippen molar-refractivity contribution < 1.29 is 28.3 Å². The predicted octanol–water partition coefficient (Wildman–Crippen LogP) is 6.81. The molecule has 2 heterocycles. The zero-order valence-corrected chi connectivity index (χ0v) is 35.9. The van der Waals surface area contributed by atoms with Crippen LogP contribution in [0.5, 0.6) is 0 Å². The Labute approximate surface area is 329 Å². The van der Waals surface area contributed by atoms with Crippen molar-refractivity contribution in [3.63, 3.8) is 0 Å². The second kappa shape index (κ2) is 17.8. The lowest BCUT2D eigenvalue weighted by Gasteiger charge is -2.38. The monoisotopic (exact) mass is 812 g/mol. The highest BCUT2D eigenvalue weighted by molar-refractivity contribution is 6.74. The van der Waals surface area contributed by atoms with Crippen LogP contribution in [0.3, 0.4) is 0 Å². The maximum Gasteiger partial charge on any atom is 0.325 e.